The van der Waals surface area contributed by atoms with E-state index in [0.29, 0.717) is 13.0 Å². The molecule has 1 rings (SSSR count). The molecule has 2 heteroatoms. The van der Waals surface area contributed by atoms with E-state index in [2.05, 4.69) is 0 Å². The number of benzene rings is 1. The van der Waals surface area contributed by atoms with Crippen LogP contribution < -0.4 is 0 Å². The molecule has 0 aliphatic carbocycles. The van der Waals surface area contributed by atoms with Gasteiger partial charge >= 0.3 is 0 Å². The molecule has 0 radical (unpaired) electrons. The molecule has 2 nitrogen and oxygen atoms in total. The van der Waals surface area contributed by atoms with E-state index in [-0.39, 0.29) is 5.78 Å². The predicted molar refractivity (Wildman–Crippen MR) is 56.4 cm³/mol. The van der Waals surface area contributed by atoms with Crippen LogP contribution in [-0.2, 0) is 11.3 Å². The molecule has 0 atom stereocenters. The maximum Gasteiger partial charge on any atom is 0.162 e. The molecule has 0 heterocycles. The summed E-state index contributed by atoms with van der Waals surface area (Å²) in [7, 11) is 1.66. The van der Waals surface area contributed by atoms with Crippen molar-refractivity contribution in [3.05, 3.63) is 35.4 Å². The van der Waals surface area contributed by atoms with Crippen molar-refractivity contribution in [3.8, 4) is 0 Å². The van der Waals surface area contributed by atoms with Crippen molar-refractivity contribution >= 4 is 5.78 Å². The van der Waals surface area contributed by atoms with Gasteiger partial charge in [0.15, 0.2) is 5.78 Å². The normalized spacial score (nSPS) is 10.1. The molecule has 0 saturated carbocycles. The first-order chi connectivity index (χ1) is 6.77. The van der Waals surface area contributed by atoms with Gasteiger partial charge in [-0.15, -0.1) is 0 Å². The Morgan fingerprint density at radius 2 is 1.93 bits per heavy atom. The summed E-state index contributed by atoms with van der Waals surface area (Å²) in [4.78, 5) is 11.5. The lowest BCUT2D eigenvalue weighted by molar-refractivity contribution is 0.0981. The van der Waals surface area contributed by atoms with Gasteiger partial charge in [-0.2, -0.15) is 0 Å². The summed E-state index contributed by atoms with van der Waals surface area (Å²) in [5, 5.41) is 0. The Morgan fingerprint density at radius 1 is 1.29 bits per heavy atom. The van der Waals surface area contributed by atoms with Crippen molar-refractivity contribution in [2.75, 3.05) is 7.11 Å². The smallest absolute Gasteiger partial charge is 0.162 e. The monoisotopic (exact) mass is 192 g/mol. The fraction of sp³-hybridized carbons (Fsp3) is 0.417. The Hall–Kier alpha value is -1.15. The first-order valence-electron chi connectivity index (χ1n) is 4.89. The second kappa shape index (κ2) is 5.55. The van der Waals surface area contributed by atoms with Crippen molar-refractivity contribution in [2.24, 2.45) is 0 Å². The quantitative estimate of drug-likeness (QED) is 0.670. The third-order valence-corrected chi connectivity index (χ3v) is 2.06. The molecule has 0 aliphatic rings. The maximum atomic E-state index is 11.5. The molecule has 76 valence electrons. The van der Waals surface area contributed by atoms with E-state index < -0.39 is 0 Å². The number of hydrogen-bond donors (Lipinski definition) is 0. The standard InChI is InChI=1S/C12H16O2/c1-3-4-12(13)11-7-5-10(6-8-11)9-14-2/h5-8H,3-4,9H2,1-2H3. The van der Waals surface area contributed by atoms with Crippen LogP contribution in [0.3, 0.4) is 0 Å². The Balaban J connectivity index is 2.67. The number of carbonyl (C=O) groups is 1. The molecular weight excluding hydrogens is 176 g/mol. The van der Waals surface area contributed by atoms with Crippen LogP contribution in [-0.4, -0.2) is 12.9 Å². The van der Waals surface area contributed by atoms with Crippen LogP contribution in [0.25, 0.3) is 0 Å². The number of ketones is 1. The Morgan fingerprint density at radius 3 is 2.43 bits per heavy atom. The number of carbonyl (C=O) groups excluding carboxylic acids is 1. The summed E-state index contributed by atoms with van der Waals surface area (Å²) in [6.07, 6.45) is 1.53. The highest BCUT2D eigenvalue weighted by molar-refractivity contribution is 5.95. The van der Waals surface area contributed by atoms with Gasteiger partial charge in [-0.3, -0.25) is 4.79 Å². The Kier molecular flexibility index (Phi) is 4.33. The van der Waals surface area contributed by atoms with Gasteiger partial charge in [-0.25, -0.2) is 0 Å². The van der Waals surface area contributed by atoms with Gasteiger partial charge in [-0.05, 0) is 12.0 Å². The third-order valence-electron chi connectivity index (χ3n) is 2.06. The maximum absolute atomic E-state index is 11.5. The van der Waals surface area contributed by atoms with Gasteiger partial charge in [0.25, 0.3) is 0 Å². The first kappa shape index (κ1) is 10.9. The fourth-order valence-electron chi connectivity index (χ4n) is 1.32. The molecular formula is C12H16O2. The molecule has 14 heavy (non-hydrogen) atoms. The molecule has 0 fully saturated rings. The molecule has 0 unspecified atom stereocenters. The second-order valence-corrected chi connectivity index (χ2v) is 3.30. The number of Topliss-reactive ketones (excluding diaryl/α,β-unsaturated/α-hetero) is 1. The van der Waals surface area contributed by atoms with Gasteiger partial charge in [0.2, 0.25) is 0 Å². The van der Waals surface area contributed by atoms with Gasteiger partial charge in [0.05, 0.1) is 6.61 Å². The number of hydrogen-bond acceptors (Lipinski definition) is 2. The molecule has 0 amide bonds. The highest BCUT2D eigenvalue weighted by atomic mass is 16.5. The topological polar surface area (TPSA) is 26.3 Å². The highest BCUT2D eigenvalue weighted by Crippen LogP contribution is 2.08. The molecule has 0 aliphatic heterocycles. The van der Waals surface area contributed by atoms with Crippen molar-refractivity contribution in [2.45, 2.75) is 26.4 Å². The molecule has 1 aromatic carbocycles. The van der Waals surface area contributed by atoms with Crippen LogP contribution in [0, 0.1) is 0 Å². The lowest BCUT2D eigenvalue weighted by Crippen LogP contribution is -1.98. The van der Waals surface area contributed by atoms with E-state index in [4.69, 9.17) is 4.74 Å². The second-order valence-electron chi connectivity index (χ2n) is 3.30. The molecule has 0 aromatic heterocycles. The minimum absolute atomic E-state index is 0.219. The fourth-order valence-corrected chi connectivity index (χ4v) is 1.32. The summed E-state index contributed by atoms with van der Waals surface area (Å²) in [6, 6.07) is 7.61. The van der Waals surface area contributed by atoms with E-state index in [9.17, 15) is 4.79 Å². The largest absolute Gasteiger partial charge is 0.380 e. The van der Waals surface area contributed by atoms with Crippen molar-refractivity contribution < 1.29 is 9.53 Å². The van der Waals surface area contributed by atoms with Crippen LogP contribution in [0.4, 0.5) is 0 Å². The Labute approximate surface area is 84.9 Å². The lowest BCUT2D eigenvalue weighted by Gasteiger charge is -2.01. The first-order valence-corrected chi connectivity index (χ1v) is 4.89. The molecule has 0 saturated heterocycles. The van der Waals surface area contributed by atoms with E-state index in [1.54, 1.807) is 7.11 Å². The van der Waals surface area contributed by atoms with Gasteiger partial charge < -0.3 is 4.74 Å². The minimum Gasteiger partial charge on any atom is -0.380 e. The van der Waals surface area contributed by atoms with Crippen molar-refractivity contribution in [1.82, 2.24) is 0 Å². The van der Waals surface area contributed by atoms with E-state index in [1.165, 1.54) is 0 Å². The summed E-state index contributed by atoms with van der Waals surface area (Å²) < 4.78 is 4.99. The zero-order valence-corrected chi connectivity index (χ0v) is 8.75. The van der Waals surface area contributed by atoms with Gasteiger partial charge in [-0.1, -0.05) is 31.2 Å². The average Bonchev–Trinajstić information content (AvgIpc) is 2.20. The number of ether oxygens (including phenoxy) is 1. The average molecular weight is 192 g/mol. The van der Waals surface area contributed by atoms with Gasteiger partial charge in [0.1, 0.15) is 0 Å². The van der Waals surface area contributed by atoms with Crippen molar-refractivity contribution in [1.29, 1.82) is 0 Å². The lowest BCUT2D eigenvalue weighted by atomic mass is 10.1. The number of methoxy groups -OCH3 is 1. The summed E-state index contributed by atoms with van der Waals surface area (Å²) in [6.45, 7) is 2.61. The summed E-state index contributed by atoms with van der Waals surface area (Å²) >= 11 is 0. The molecule has 0 bridgehead atoms. The van der Waals surface area contributed by atoms with Gasteiger partial charge in [0, 0.05) is 19.1 Å². The zero-order chi connectivity index (χ0) is 10.4. The summed E-state index contributed by atoms with van der Waals surface area (Å²) in [5.74, 6) is 0.219. The minimum atomic E-state index is 0.219. The van der Waals surface area contributed by atoms with Crippen LogP contribution in [0.5, 0.6) is 0 Å². The third kappa shape index (κ3) is 2.96. The summed E-state index contributed by atoms with van der Waals surface area (Å²) in [5.41, 5.74) is 1.90. The molecule has 0 spiro atoms. The van der Waals surface area contributed by atoms with Crippen LogP contribution in [0.2, 0.25) is 0 Å². The van der Waals surface area contributed by atoms with Crippen LogP contribution in [0.15, 0.2) is 24.3 Å². The zero-order valence-electron chi connectivity index (χ0n) is 8.75. The number of rotatable bonds is 5. The van der Waals surface area contributed by atoms with Crippen molar-refractivity contribution in [3.63, 3.8) is 0 Å². The van der Waals surface area contributed by atoms with E-state index in [0.717, 1.165) is 17.5 Å². The highest BCUT2D eigenvalue weighted by Gasteiger charge is 2.03. The van der Waals surface area contributed by atoms with E-state index >= 15 is 0 Å². The SMILES string of the molecule is CCCC(=O)c1ccc(COC)cc1. The van der Waals surface area contributed by atoms with Crippen LogP contribution >= 0.6 is 0 Å². The predicted octanol–water partition coefficient (Wildman–Crippen LogP) is 2.82. The van der Waals surface area contributed by atoms with Crippen LogP contribution in [0.1, 0.15) is 35.7 Å². The Bertz CT molecular complexity index is 288. The molecule has 0 N–H and O–H groups in total. The molecule has 1 aromatic rings. The van der Waals surface area contributed by atoms with E-state index in [1.807, 2.05) is 31.2 Å².